The third-order valence-corrected chi connectivity index (χ3v) is 7.06. The van der Waals surface area contributed by atoms with Crippen LogP contribution in [0.2, 0.25) is 0 Å². The van der Waals surface area contributed by atoms with Crippen LogP contribution in [0.4, 0.5) is 0 Å². The minimum atomic E-state index is -0.161. The number of nitrogens with zero attached hydrogens (tertiary/aromatic N) is 3. The summed E-state index contributed by atoms with van der Waals surface area (Å²) in [6.45, 7) is 11.4. The van der Waals surface area contributed by atoms with Gasteiger partial charge in [-0.05, 0) is 81.0 Å². The molecule has 4 rings (SSSR count). The van der Waals surface area contributed by atoms with Gasteiger partial charge in [-0.2, -0.15) is 0 Å². The van der Waals surface area contributed by atoms with Gasteiger partial charge in [-0.15, -0.1) is 6.58 Å². The number of benzene rings is 1. The molecule has 2 aromatic rings. The van der Waals surface area contributed by atoms with Gasteiger partial charge < -0.3 is 14.8 Å². The van der Waals surface area contributed by atoms with E-state index in [1.807, 2.05) is 4.90 Å². The standard InChI is InChI=1S/C24H32N4O2S/c1-3-10-28-23(30)20-7-6-19(14-21(20)25-24(28)31)22(29)27-11-4-5-18(16-27)15-26-12-8-17(2)9-13-26/h3,6-7,14,17-18H,1,4-5,8-13,15-16H2,2H3,(H,25,31). The second-order valence-corrected chi connectivity index (χ2v) is 9.52. The molecule has 1 aromatic carbocycles. The quantitative estimate of drug-likeness (QED) is 0.567. The Morgan fingerprint density at radius 2 is 2.03 bits per heavy atom. The van der Waals surface area contributed by atoms with Crippen molar-refractivity contribution in [3.63, 3.8) is 0 Å². The van der Waals surface area contributed by atoms with Crippen LogP contribution in [-0.2, 0) is 6.54 Å². The molecule has 1 unspecified atom stereocenters. The number of rotatable bonds is 5. The number of aromatic amines is 1. The van der Waals surface area contributed by atoms with E-state index >= 15 is 0 Å². The van der Waals surface area contributed by atoms with Gasteiger partial charge in [-0.1, -0.05) is 13.0 Å². The first-order chi connectivity index (χ1) is 15.0. The van der Waals surface area contributed by atoms with Crippen molar-refractivity contribution in [2.75, 3.05) is 32.7 Å². The Bertz CT molecular complexity index is 1080. The average Bonchev–Trinajstić information content (AvgIpc) is 2.77. The van der Waals surface area contributed by atoms with Gasteiger partial charge in [0.25, 0.3) is 11.5 Å². The third kappa shape index (κ3) is 4.83. The van der Waals surface area contributed by atoms with Crippen LogP contribution in [0.3, 0.4) is 0 Å². The number of aromatic nitrogens is 2. The highest BCUT2D eigenvalue weighted by atomic mass is 32.1. The molecule has 2 aliphatic heterocycles. The molecule has 2 aliphatic rings. The van der Waals surface area contributed by atoms with Crippen LogP contribution >= 0.6 is 12.2 Å². The topological polar surface area (TPSA) is 61.3 Å². The van der Waals surface area contributed by atoms with Gasteiger partial charge in [0.1, 0.15) is 0 Å². The molecule has 0 radical (unpaired) electrons. The van der Waals surface area contributed by atoms with Crippen molar-refractivity contribution in [3.8, 4) is 0 Å². The molecule has 1 amide bonds. The van der Waals surface area contributed by atoms with Gasteiger partial charge in [0.2, 0.25) is 0 Å². The number of carbonyl (C=O) groups excluding carboxylic acids is 1. The summed E-state index contributed by atoms with van der Waals surface area (Å²) in [7, 11) is 0. The fraction of sp³-hybridized carbons (Fsp3) is 0.542. The summed E-state index contributed by atoms with van der Waals surface area (Å²) in [4.78, 5) is 33.6. The monoisotopic (exact) mass is 440 g/mol. The van der Waals surface area contributed by atoms with Crippen molar-refractivity contribution in [1.29, 1.82) is 0 Å². The summed E-state index contributed by atoms with van der Waals surface area (Å²) in [5.74, 6) is 1.40. The van der Waals surface area contributed by atoms with Gasteiger partial charge in [-0.3, -0.25) is 14.2 Å². The Kier molecular flexibility index (Phi) is 6.72. The maximum Gasteiger partial charge on any atom is 0.262 e. The second-order valence-electron chi connectivity index (χ2n) is 9.14. The van der Waals surface area contributed by atoms with Crippen molar-refractivity contribution in [1.82, 2.24) is 19.4 Å². The SMILES string of the molecule is C=CCn1c(=S)[nH]c2cc(C(=O)N3CCCC(CN4CCC(C)CC4)C3)ccc2c1=O. The average molecular weight is 441 g/mol. The highest BCUT2D eigenvalue weighted by Gasteiger charge is 2.27. The molecule has 0 saturated carbocycles. The normalized spacial score (nSPS) is 20.8. The molecule has 0 bridgehead atoms. The van der Waals surface area contributed by atoms with Gasteiger partial charge in [0, 0.05) is 31.7 Å². The first kappa shape index (κ1) is 22.0. The predicted molar refractivity (Wildman–Crippen MR) is 127 cm³/mol. The molecule has 2 saturated heterocycles. The maximum absolute atomic E-state index is 13.2. The largest absolute Gasteiger partial charge is 0.338 e. The molecule has 0 spiro atoms. The summed E-state index contributed by atoms with van der Waals surface area (Å²) in [6, 6.07) is 5.26. The first-order valence-electron chi connectivity index (χ1n) is 11.4. The van der Waals surface area contributed by atoms with Crippen LogP contribution in [0.25, 0.3) is 10.9 Å². The van der Waals surface area contributed by atoms with Gasteiger partial charge in [-0.25, -0.2) is 0 Å². The molecule has 7 heteroatoms. The molecule has 1 aromatic heterocycles. The van der Waals surface area contributed by atoms with Crippen molar-refractivity contribution >= 4 is 29.0 Å². The molecule has 6 nitrogen and oxygen atoms in total. The second kappa shape index (κ2) is 9.49. The zero-order valence-electron chi connectivity index (χ0n) is 18.3. The van der Waals surface area contributed by atoms with Crippen LogP contribution in [-0.4, -0.2) is 58.0 Å². The summed E-state index contributed by atoms with van der Waals surface area (Å²) in [5, 5.41) is 0.530. The fourth-order valence-electron chi connectivity index (χ4n) is 4.87. The molecular weight excluding hydrogens is 408 g/mol. The zero-order chi connectivity index (χ0) is 22.0. The number of hydrogen-bond donors (Lipinski definition) is 1. The Hall–Kier alpha value is -2.25. The lowest BCUT2D eigenvalue weighted by atomic mass is 9.94. The molecule has 1 N–H and O–H groups in total. The minimum Gasteiger partial charge on any atom is -0.338 e. The number of carbonyl (C=O) groups is 1. The van der Waals surface area contributed by atoms with Crippen molar-refractivity contribution in [2.24, 2.45) is 11.8 Å². The third-order valence-electron chi connectivity index (χ3n) is 6.74. The van der Waals surface area contributed by atoms with E-state index < -0.39 is 0 Å². The summed E-state index contributed by atoms with van der Waals surface area (Å²) < 4.78 is 1.82. The molecule has 0 aliphatic carbocycles. The number of nitrogens with one attached hydrogen (secondary N) is 1. The minimum absolute atomic E-state index is 0.0356. The Labute approximate surface area is 188 Å². The van der Waals surface area contributed by atoms with E-state index in [1.54, 1.807) is 24.3 Å². The van der Waals surface area contributed by atoms with Gasteiger partial charge in [0.05, 0.1) is 10.9 Å². The molecule has 166 valence electrons. The maximum atomic E-state index is 13.2. The van der Waals surface area contributed by atoms with Crippen LogP contribution in [0.1, 0.15) is 43.0 Å². The van der Waals surface area contributed by atoms with Gasteiger partial charge in [0.15, 0.2) is 4.77 Å². The van der Waals surface area contributed by atoms with E-state index in [-0.39, 0.29) is 11.5 Å². The van der Waals surface area contributed by atoms with E-state index in [1.165, 1.54) is 36.9 Å². The molecule has 1 atom stereocenters. The number of H-pyrrole nitrogens is 1. The van der Waals surface area contributed by atoms with Crippen LogP contribution in [0, 0.1) is 16.6 Å². The lowest BCUT2D eigenvalue weighted by Gasteiger charge is -2.38. The van der Waals surface area contributed by atoms with E-state index in [2.05, 4.69) is 23.4 Å². The highest BCUT2D eigenvalue weighted by molar-refractivity contribution is 7.71. The smallest absolute Gasteiger partial charge is 0.262 e. The van der Waals surface area contributed by atoms with E-state index in [9.17, 15) is 9.59 Å². The fourth-order valence-corrected chi connectivity index (χ4v) is 5.14. The Morgan fingerprint density at radius 1 is 1.26 bits per heavy atom. The molecular formula is C24H32N4O2S. The van der Waals surface area contributed by atoms with E-state index in [4.69, 9.17) is 12.2 Å². The zero-order valence-corrected chi connectivity index (χ0v) is 19.1. The van der Waals surface area contributed by atoms with Gasteiger partial charge >= 0.3 is 0 Å². The van der Waals surface area contributed by atoms with Crippen molar-refractivity contribution in [3.05, 3.63) is 51.5 Å². The van der Waals surface area contributed by atoms with Crippen LogP contribution in [0.5, 0.6) is 0 Å². The van der Waals surface area contributed by atoms with Crippen LogP contribution in [0.15, 0.2) is 35.6 Å². The number of hydrogen-bond acceptors (Lipinski definition) is 4. The summed E-state index contributed by atoms with van der Waals surface area (Å²) in [5.41, 5.74) is 1.05. The molecule has 31 heavy (non-hydrogen) atoms. The van der Waals surface area contributed by atoms with E-state index in [0.717, 1.165) is 32.0 Å². The molecule has 3 heterocycles. The number of likely N-dealkylation sites (tertiary alicyclic amines) is 2. The molecule has 2 fully saturated rings. The summed E-state index contributed by atoms with van der Waals surface area (Å²) >= 11 is 5.33. The lowest BCUT2D eigenvalue weighted by molar-refractivity contribution is 0.0622. The highest BCUT2D eigenvalue weighted by Crippen LogP contribution is 2.23. The van der Waals surface area contributed by atoms with Crippen LogP contribution < -0.4 is 5.56 Å². The predicted octanol–water partition coefficient (Wildman–Crippen LogP) is 3.83. The number of amides is 1. The number of allylic oxidation sites excluding steroid dienone is 1. The Balaban J connectivity index is 1.49. The number of fused-ring (bicyclic) bond motifs is 1. The van der Waals surface area contributed by atoms with E-state index in [0.29, 0.717) is 33.7 Å². The first-order valence-corrected chi connectivity index (χ1v) is 11.8. The van der Waals surface area contributed by atoms with Crippen molar-refractivity contribution < 1.29 is 4.79 Å². The summed E-state index contributed by atoms with van der Waals surface area (Å²) in [6.07, 6.45) is 6.43. The lowest BCUT2D eigenvalue weighted by Crippen LogP contribution is -2.45. The van der Waals surface area contributed by atoms with Crippen molar-refractivity contribution in [2.45, 2.75) is 39.2 Å². The number of piperidine rings is 2. The Morgan fingerprint density at radius 3 is 2.77 bits per heavy atom.